The predicted octanol–water partition coefficient (Wildman–Crippen LogP) is 1.59. The van der Waals surface area contributed by atoms with E-state index in [2.05, 4.69) is 20.0 Å². The molecule has 1 fully saturated rings. The number of hydrogen-bond acceptors (Lipinski definition) is 6. The molecule has 0 radical (unpaired) electrons. The van der Waals surface area contributed by atoms with E-state index >= 15 is 0 Å². The number of rotatable bonds is 5. The third kappa shape index (κ3) is 4.37. The van der Waals surface area contributed by atoms with Gasteiger partial charge >= 0.3 is 0 Å². The average molecular weight is 449 g/mol. The molecule has 0 spiro atoms. The molecule has 0 unspecified atom stereocenters. The summed E-state index contributed by atoms with van der Waals surface area (Å²) in [7, 11) is -7.18. The monoisotopic (exact) mass is 448 g/mol. The van der Waals surface area contributed by atoms with Crippen LogP contribution in [0.1, 0.15) is 22.6 Å². The number of nitrogens with one attached hydrogen (secondary N) is 3. The van der Waals surface area contributed by atoms with Crippen LogP contribution in [0.15, 0.2) is 47.4 Å². The number of carbonyl (C=O) groups excluding carboxylic acids is 1. The quantitative estimate of drug-likeness (QED) is 0.542. The van der Waals surface area contributed by atoms with Gasteiger partial charge in [0.15, 0.2) is 9.84 Å². The number of H-pyrrole nitrogens is 1. The van der Waals surface area contributed by atoms with Crippen molar-refractivity contribution in [3.8, 4) is 0 Å². The SMILES string of the molecule is Cc1nc2ccc(NC(=O)c3cccc(S(=O)(=O)N[C@H]4CCS(=O)(=O)C4)c3)cc2[nH]1. The van der Waals surface area contributed by atoms with Crippen LogP contribution < -0.4 is 10.0 Å². The number of sulfone groups is 1. The lowest BCUT2D eigenvalue weighted by Crippen LogP contribution is -2.35. The normalized spacial score (nSPS) is 18.5. The second kappa shape index (κ2) is 7.49. The van der Waals surface area contributed by atoms with E-state index in [1.807, 2.05) is 6.92 Å². The summed E-state index contributed by atoms with van der Waals surface area (Å²) in [6.45, 7) is 1.83. The van der Waals surface area contributed by atoms with E-state index in [1.165, 1.54) is 24.3 Å². The third-order valence-electron chi connectivity index (χ3n) is 4.82. The van der Waals surface area contributed by atoms with Gasteiger partial charge < -0.3 is 10.3 Å². The Labute approximate surface area is 173 Å². The van der Waals surface area contributed by atoms with Crippen LogP contribution in [0.25, 0.3) is 11.0 Å². The van der Waals surface area contributed by atoms with Crippen molar-refractivity contribution in [3.63, 3.8) is 0 Å². The van der Waals surface area contributed by atoms with E-state index in [9.17, 15) is 21.6 Å². The zero-order valence-electron chi connectivity index (χ0n) is 16.0. The second-order valence-electron chi connectivity index (χ2n) is 7.26. The highest BCUT2D eigenvalue weighted by molar-refractivity contribution is 7.92. The number of aromatic amines is 1. The van der Waals surface area contributed by atoms with Gasteiger partial charge in [-0.05, 0) is 49.7 Å². The molecule has 1 atom stereocenters. The van der Waals surface area contributed by atoms with Crippen molar-refractivity contribution < 1.29 is 21.6 Å². The van der Waals surface area contributed by atoms with Crippen molar-refractivity contribution in [2.75, 3.05) is 16.8 Å². The Morgan fingerprint density at radius 2 is 2.00 bits per heavy atom. The number of fused-ring (bicyclic) bond motifs is 1. The van der Waals surface area contributed by atoms with Crippen LogP contribution >= 0.6 is 0 Å². The molecule has 0 bridgehead atoms. The molecule has 9 nitrogen and oxygen atoms in total. The molecule has 1 saturated heterocycles. The molecule has 1 aromatic heterocycles. The van der Waals surface area contributed by atoms with Gasteiger partial charge in [0, 0.05) is 17.3 Å². The molecule has 4 rings (SSSR count). The Bertz CT molecular complexity index is 1350. The molecule has 11 heteroatoms. The van der Waals surface area contributed by atoms with Gasteiger partial charge in [-0.3, -0.25) is 4.79 Å². The first kappa shape index (κ1) is 20.5. The van der Waals surface area contributed by atoms with Crippen LogP contribution in [0.2, 0.25) is 0 Å². The van der Waals surface area contributed by atoms with Gasteiger partial charge in [0.25, 0.3) is 5.91 Å². The number of aryl methyl sites for hydroxylation is 1. The zero-order chi connectivity index (χ0) is 21.5. The van der Waals surface area contributed by atoms with Crippen molar-refractivity contribution in [2.24, 2.45) is 0 Å². The van der Waals surface area contributed by atoms with E-state index in [0.29, 0.717) is 5.69 Å². The van der Waals surface area contributed by atoms with Gasteiger partial charge in [0.1, 0.15) is 5.82 Å². The largest absolute Gasteiger partial charge is 0.342 e. The number of carbonyl (C=O) groups is 1. The molecule has 30 heavy (non-hydrogen) atoms. The van der Waals surface area contributed by atoms with Gasteiger partial charge in [0.2, 0.25) is 10.0 Å². The van der Waals surface area contributed by atoms with Crippen molar-refractivity contribution in [1.82, 2.24) is 14.7 Å². The van der Waals surface area contributed by atoms with E-state index in [1.54, 1.807) is 18.2 Å². The standard InChI is InChI=1S/C19H20N4O5S2/c1-12-20-17-6-5-14(10-18(17)21-12)22-19(24)13-3-2-4-16(9-13)30(27,28)23-15-7-8-29(25,26)11-15/h2-6,9-10,15,23H,7-8,11H2,1H3,(H,20,21)(H,22,24)/t15-/m0/s1. The molecule has 0 saturated carbocycles. The maximum absolute atomic E-state index is 12.6. The first-order valence-corrected chi connectivity index (χ1v) is 12.5. The molecule has 2 heterocycles. The maximum Gasteiger partial charge on any atom is 0.255 e. The fourth-order valence-electron chi connectivity index (χ4n) is 3.40. The maximum atomic E-state index is 12.6. The molecular formula is C19H20N4O5S2. The van der Waals surface area contributed by atoms with Crippen molar-refractivity contribution in [3.05, 3.63) is 53.9 Å². The number of sulfonamides is 1. The van der Waals surface area contributed by atoms with Crippen LogP contribution in [-0.2, 0) is 19.9 Å². The van der Waals surface area contributed by atoms with Gasteiger partial charge in [-0.15, -0.1) is 0 Å². The van der Waals surface area contributed by atoms with E-state index < -0.39 is 31.8 Å². The van der Waals surface area contributed by atoms with E-state index in [-0.39, 0.29) is 28.4 Å². The number of nitrogens with zero attached hydrogens (tertiary/aromatic N) is 1. The summed E-state index contributed by atoms with van der Waals surface area (Å²) in [6.07, 6.45) is 0.233. The fraction of sp³-hybridized carbons (Fsp3) is 0.263. The Morgan fingerprint density at radius 3 is 2.73 bits per heavy atom. The molecule has 158 valence electrons. The van der Waals surface area contributed by atoms with Gasteiger partial charge in [-0.25, -0.2) is 26.5 Å². The lowest BCUT2D eigenvalue weighted by atomic mass is 10.2. The van der Waals surface area contributed by atoms with Gasteiger partial charge in [-0.2, -0.15) is 0 Å². The molecule has 3 N–H and O–H groups in total. The van der Waals surface area contributed by atoms with E-state index in [4.69, 9.17) is 0 Å². The minimum Gasteiger partial charge on any atom is -0.342 e. The van der Waals surface area contributed by atoms with Crippen molar-refractivity contribution in [2.45, 2.75) is 24.3 Å². The Morgan fingerprint density at radius 1 is 1.20 bits per heavy atom. The first-order valence-electron chi connectivity index (χ1n) is 9.22. The van der Waals surface area contributed by atoms with Crippen LogP contribution in [0, 0.1) is 6.92 Å². The molecule has 1 aliphatic rings. The minimum absolute atomic E-state index is 0.0389. The number of amides is 1. The molecular weight excluding hydrogens is 428 g/mol. The topological polar surface area (TPSA) is 138 Å². The summed E-state index contributed by atoms with van der Waals surface area (Å²) < 4.78 is 50.8. The van der Waals surface area contributed by atoms with Crippen LogP contribution in [0.3, 0.4) is 0 Å². The van der Waals surface area contributed by atoms with Crippen LogP contribution in [0.5, 0.6) is 0 Å². The third-order valence-corrected chi connectivity index (χ3v) is 8.11. The molecule has 0 aliphatic carbocycles. The smallest absolute Gasteiger partial charge is 0.255 e. The summed E-state index contributed by atoms with van der Waals surface area (Å²) in [5.74, 6) is 0.0326. The highest BCUT2D eigenvalue weighted by atomic mass is 32.2. The highest BCUT2D eigenvalue weighted by Gasteiger charge is 2.31. The van der Waals surface area contributed by atoms with E-state index in [0.717, 1.165) is 16.9 Å². The van der Waals surface area contributed by atoms with Crippen molar-refractivity contribution >= 4 is 42.5 Å². The van der Waals surface area contributed by atoms with Crippen LogP contribution in [-0.4, -0.2) is 50.3 Å². The number of imidazole rings is 1. The Balaban J connectivity index is 1.52. The zero-order valence-corrected chi connectivity index (χ0v) is 17.7. The molecule has 2 aromatic carbocycles. The lowest BCUT2D eigenvalue weighted by molar-refractivity contribution is 0.102. The number of anilines is 1. The summed E-state index contributed by atoms with van der Waals surface area (Å²) in [4.78, 5) is 19.9. The summed E-state index contributed by atoms with van der Waals surface area (Å²) in [5, 5.41) is 2.74. The average Bonchev–Trinajstić information content (AvgIpc) is 3.21. The second-order valence-corrected chi connectivity index (χ2v) is 11.2. The lowest BCUT2D eigenvalue weighted by Gasteiger charge is -2.12. The number of benzene rings is 2. The Hall–Kier alpha value is -2.76. The fourth-order valence-corrected chi connectivity index (χ4v) is 6.49. The minimum atomic E-state index is -3.96. The molecule has 1 amide bonds. The first-order chi connectivity index (χ1) is 14.1. The predicted molar refractivity (Wildman–Crippen MR) is 113 cm³/mol. The van der Waals surface area contributed by atoms with Crippen molar-refractivity contribution in [1.29, 1.82) is 0 Å². The van der Waals surface area contributed by atoms with Gasteiger partial charge in [-0.1, -0.05) is 6.07 Å². The molecule has 1 aliphatic heterocycles. The summed E-state index contributed by atoms with van der Waals surface area (Å²) in [5.41, 5.74) is 2.26. The highest BCUT2D eigenvalue weighted by Crippen LogP contribution is 2.20. The van der Waals surface area contributed by atoms with Crippen LogP contribution in [0.4, 0.5) is 5.69 Å². The Kier molecular flexibility index (Phi) is 5.12. The molecule has 3 aromatic rings. The number of aromatic nitrogens is 2. The summed E-state index contributed by atoms with van der Waals surface area (Å²) in [6, 6.07) is 10.2. The summed E-state index contributed by atoms with van der Waals surface area (Å²) >= 11 is 0. The van der Waals surface area contributed by atoms with Gasteiger partial charge in [0.05, 0.1) is 27.4 Å². The number of hydrogen-bond donors (Lipinski definition) is 3.